The molecule has 0 aliphatic carbocycles. The van der Waals surface area contributed by atoms with Crippen molar-refractivity contribution in [1.29, 1.82) is 0 Å². The molecule has 1 heterocycles. The van der Waals surface area contributed by atoms with Gasteiger partial charge in [-0.3, -0.25) is 9.89 Å². The number of hydrogen-bond donors (Lipinski definition) is 2. The number of benzene rings is 1. The summed E-state index contributed by atoms with van der Waals surface area (Å²) in [4.78, 5) is 6.76. The van der Waals surface area contributed by atoms with Gasteiger partial charge in [0.15, 0.2) is 5.96 Å². The summed E-state index contributed by atoms with van der Waals surface area (Å²) in [6.45, 7) is 11.1. The highest BCUT2D eigenvalue weighted by molar-refractivity contribution is 14.0. The number of rotatable bonds is 12. The van der Waals surface area contributed by atoms with Crippen molar-refractivity contribution in [2.75, 3.05) is 59.7 Å². The Morgan fingerprint density at radius 1 is 1.30 bits per heavy atom. The van der Waals surface area contributed by atoms with Gasteiger partial charge in [0.2, 0.25) is 0 Å². The second-order valence-electron chi connectivity index (χ2n) is 7.30. The van der Waals surface area contributed by atoms with Crippen molar-refractivity contribution in [2.45, 2.75) is 32.7 Å². The van der Waals surface area contributed by atoms with E-state index in [1.54, 1.807) is 7.05 Å². The topological polar surface area (TPSA) is 58.1 Å². The van der Waals surface area contributed by atoms with Crippen LogP contribution in [0.1, 0.15) is 38.3 Å². The van der Waals surface area contributed by atoms with Crippen molar-refractivity contribution in [2.24, 2.45) is 10.9 Å². The molecule has 6 nitrogen and oxygen atoms in total. The normalized spacial score (nSPS) is 17.6. The van der Waals surface area contributed by atoms with Crippen molar-refractivity contribution in [3.63, 3.8) is 0 Å². The molecule has 0 saturated carbocycles. The van der Waals surface area contributed by atoms with E-state index in [4.69, 9.17) is 21.1 Å². The van der Waals surface area contributed by atoms with E-state index in [1.165, 1.54) is 0 Å². The maximum Gasteiger partial charge on any atom is 0.191 e. The Morgan fingerprint density at radius 2 is 2.07 bits per heavy atom. The van der Waals surface area contributed by atoms with E-state index in [2.05, 4.69) is 40.4 Å². The summed E-state index contributed by atoms with van der Waals surface area (Å²) in [6.07, 6.45) is 2.06. The highest BCUT2D eigenvalue weighted by Crippen LogP contribution is 2.26. The minimum Gasteiger partial charge on any atom is -0.381 e. The van der Waals surface area contributed by atoms with Crippen LogP contribution < -0.4 is 10.6 Å². The van der Waals surface area contributed by atoms with Crippen LogP contribution in [-0.2, 0) is 9.47 Å². The first-order chi connectivity index (χ1) is 14.2. The molecule has 0 bridgehead atoms. The molecule has 1 aliphatic rings. The van der Waals surface area contributed by atoms with E-state index in [0.29, 0.717) is 5.92 Å². The molecule has 1 aromatic rings. The lowest BCUT2D eigenvalue weighted by Crippen LogP contribution is -2.43. The highest BCUT2D eigenvalue weighted by atomic mass is 127. The molecule has 2 atom stereocenters. The van der Waals surface area contributed by atoms with Gasteiger partial charge in [-0.15, -0.1) is 24.0 Å². The second-order valence-corrected chi connectivity index (χ2v) is 7.70. The van der Waals surface area contributed by atoms with E-state index >= 15 is 0 Å². The van der Waals surface area contributed by atoms with E-state index in [1.807, 2.05) is 18.2 Å². The zero-order chi connectivity index (χ0) is 20.9. The number of hydrogen-bond acceptors (Lipinski definition) is 4. The number of guanidine groups is 1. The molecule has 8 heteroatoms. The summed E-state index contributed by atoms with van der Waals surface area (Å²) in [7, 11) is 1.80. The van der Waals surface area contributed by atoms with Gasteiger partial charge in [-0.1, -0.05) is 43.6 Å². The van der Waals surface area contributed by atoms with E-state index in [0.717, 1.165) is 82.0 Å². The van der Waals surface area contributed by atoms with Crippen LogP contribution in [0.3, 0.4) is 0 Å². The highest BCUT2D eigenvalue weighted by Gasteiger charge is 2.20. The molecular weight excluding hydrogens is 515 g/mol. The molecule has 0 radical (unpaired) electrons. The van der Waals surface area contributed by atoms with Crippen molar-refractivity contribution >= 4 is 41.5 Å². The Balaban J connectivity index is 0.00000450. The lowest BCUT2D eigenvalue weighted by molar-refractivity contribution is 0.0888. The maximum absolute atomic E-state index is 6.48. The Labute approximate surface area is 204 Å². The van der Waals surface area contributed by atoms with Gasteiger partial charge in [0.25, 0.3) is 0 Å². The summed E-state index contributed by atoms with van der Waals surface area (Å²) in [5.41, 5.74) is 1.14. The summed E-state index contributed by atoms with van der Waals surface area (Å²) < 4.78 is 11.1. The van der Waals surface area contributed by atoms with Gasteiger partial charge in [0.05, 0.1) is 19.3 Å². The zero-order valence-corrected chi connectivity index (χ0v) is 21.6. The Bertz CT molecular complexity index is 611. The molecule has 1 aromatic carbocycles. The summed E-state index contributed by atoms with van der Waals surface area (Å²) in [5.74, 6) is 1.37. The van der Waals surface area contributed by atoms with Crippen LogP contribution in [0.5, 0.6) is 0 Å². The number of nitrogens with one attached hydrogen (secondary N) is 2. The third-order valence-electron chi connectivity index (χ3n) is 5.34. The largest absolute Gasteiger partial charge is 0.381 e. The number of aliphatic imine (C=N–C) groups is 1. The quantitative estimate of drug-likeness (QED) is 0.178. The summed E-state index contributed by atoms with van der Waals surface area (Å²) >= 11 is 6.48. The van der Waals surface area contributed by atoms with Crippen LogP contribution in [0, 0.1) is 5.92 Å². The fourth-order valence-corrected chi connectivity index (χ4v) is 3.87. The molecule has 1 saturated heterocycles. The first-order valence-electron chi connectivity index (χ1n) is 10.8. The van der Waals surface area contributed by atoms with Crippen molar-refractivity contribution in [3.8, 4) is 0 Å². The van der Waals surface area contributed by atoms with E-state index in [9.17, 15) is 0 Å². The number of ether oxygens (including phenoxy) is 2. The number of likely N-dealkylation sites (N-methyl/N-ethyl adjacent to an activating group) is 1. The fourth-order valence-electron chi connectivity index (χ4n) is 3.61. The van der Waals surface area contributed by atoms with Gasteiger partial charge in [0, 0.05) is 44.3 Å². The van der Waals surface area contributed by atoms with Gasteiger partial charge in [-0.05, 0) is 37.6 Å². The van der Waals surface area contributed by atoms with E-state index in [-0.39, 0.29) is 30.0 Å². The fraction of sp³-hybridized carbons (Fsp3) is 0.682. The van der Waals surface area contributed by atoms with Crippen molar-refractivity contribution < 1.29 is 9.47 Å². The monoisotopic (exact) mass is 552 g/mol. The van der Waals surface area contributed by atoms with Crippen LogP contribution in [0.4, 0.5) is 0 Å². The third-order valence-corrected chi connectivity index (χ3v) is 5.68. The molecular formula is C22H38ClIN4O2. The van der Waals surface area contributed by atoms with Gasteiger partial charge >= 0.3 is 0 Å². The second kappa shape index (κ2) is 16.1. The summed E-state index contributed by atoms with van der Waals surface area (Å²) in [5, 5.41) is 7.64. The maximum atomic E-state index is 6.48. The summed E-state index contributed by atoms with van der Waals surface area (Å²) in [6, 6.07) is 8.27. The van der Waals surface area contributed by atoms with Crippen molar-refractivity contribution in [3.05, 3.63) is 34.9 Å². The molecule has 0 spiro atoms. The smallest absolute Gasteiger partial charge is 0.191 e. The van der Waals surface area contributed by atoms with Crippen LogP contribution in [0.15, 0.2) is 29.3 Å². The number of nitrogens with zero attached hydrogens (tertiary/aromatic N) is 2. The molecule has 2 N–H and O–H groups in total. The lowest BCUT2D eigenvalue weighted by atomic mass is 10.0. The van der Waals surface area contributed by atoms with Gasteiger partial charge < -0.3 is 20.1 Å². The Morgan fingerprint density at radius 3 is 2.70 bits per heavy atom. The Hall–Kier alpha value is -0.610. The first kappa shape index (κ1) is 27.4. The van der Waals surface area contributed by atoms with Crippen LogP contribution >= 0.6 is 35.6 Å². The predicted octanol–water partition coefficient (Wildman–Crippen LogP) is 3.95. The minimum atomic E-state index is 0. The average Bonchev–Trinajstić information content (AvgIpc) is 3.26. The molecule has 172 valence electrons. The zero-order valence-electron chi connectivity index (χ0n) is 18.5. The van der Waals surface area contributed by atoms with Crippen LogP contribution in [0.25, 0.3) is 0 Å². The third kappa shape index (κ3) is 9.26. The van der Waals surface area contributed by atoms with Crippen molar-refractivity contribution in [1.82, 2.24) is 15.5 Å². The SMILES string of the molecule is CCN(CC)C(CNC(=NC)NCCCOCC1CCOC1)c1ccccc1Cl.I. The first-order valence-corrected chi connectivity index (χ1v) is 11.2. The van der Waals surface area contributed by atoms with Gasteiger partial charge in [-0.25, -0.2) is 0 Å². The molecule has 2 rings (SSSR count). The Kier molecular flexibility index (Phi) is 14.7. The molecule has 1 fully saturated rings. The standard InChI is InChI=1S/C22H37ClN4O2.HI/c1-4-27(5-2)21(19-9-6-7-10-20(19)23)15-26-22(24-3)25-12-8-13-28-16-18-11-14-29-17-18;/h6-7,9-10,18,21H,4-5,8,11-17H2,1-3H3,(H2,24,25,26);1H. The van der Waals surface area contributed by atoms with Crippen LogP contribution in [-0.4, -0.2) is 70.5 Å². The molecule has 30 heavy (non-hydrogen) atoms. The number of halogens is 2. The molecule has 0 aromatic heterocycles. The molecule has 0 amide bonds. The minimum absolute atomic E-state index is 0. The molecule has 2 unspecified atom stereocenters. The van der Waals surface area contributed by atoms with Gasteiger partial charge in [-0.2, -0.15) is 0 Å². The average molecular weight is 553 g/mol. The predicted molar refractivity (Wildman–Crippen MR) is 136 cm³/mol. The lowest BCUT2D eigenvalue weighted by Gasteiger charge is -2.31. The van der Waals surface area contributed by atoms with E-state index < -0.39 is 0 Å². The van der Waals surface area contributed by atoms with Gasteiger partial charge in [0.1, 0.15) is 0 Å². The molecule has 1 aliphatic heterocycles. The van der Waals surface area contributed by atoms with Crippen LogP contribution in [0.2, 0.25) is 5.02 Å².